The Bertz CT molecular complexity index is 204. The van der Waals surface area contributed by atoms with Gasteiger partial charge in [0, 0.05) is 19.1 Å². The van der Waals surface area contributed by atoms with Crippen LogP contribution in [0.2, 0.25) is 0 Å². The number of ether oxygens (including phenoxy) is 1. The van der Waals surface area contributed by atoms with Crippen LogP contribution in [0.5, 0.6) is 0 Å². The standard InChI is InChI=1S/C13H26N2O/c1-11(13-10-15(2)7-8-16-13)14-9-12-5-3-4-6-12/h11-14H,3-10H2,1-2H3. The molecule has 0 bridgehead atoms. The van der Waals surface area contributed by atoms with Crippen molar-refractivity contribution in [3.63, 3.8) is 0 Å². The molecule has 2 unspecified atom stereocenters. The highest BCUT2D eigenvalue weighted by atomic mass is 16.5. The summed E-state index contributed by atoms with van der Waals surface area (Å²) in [5.41, 5.74) is 0. The van der Waals surface area contributed by atoms with Crippen LogP contribution < -0.4 is 5.32 Å². The van der Waals surface area contributed by atoms with Crippen molar-refractivity contribution in [2.24, 2.45) is 5.92 Å². The smallest absolute Gasteiger partial charge is 0.0852 e. The Labute approximate surface area is 99.5 Å². The summed E-state index contributed by atoms with van der Waals surface area (Å²) in [6, 6.07) is 0.489. The molecule has 1 saturated carbocycles. The molecule has 1 aliphatic carbocycles. The quantitative estimate of drug-likeness (QED) is 0.786. The molecule has 2 aliphatic rings. The van der Waals surface area contributed by atoms with Crippen LogP contribution in [0.3, 0.4) is 0 Å². The maximum Gasteiger partial charge on any atom is 0.0852 e. The van der Waals surface area contributed by atoms with Crippen LogP contribution >= 0.6 is 0 Å². The number of rotatable bonds is 4. The minimum absolute atomic E-state index is 0.375. The lowest BCUT2D eigenvalue weighted by atomic mass is 10.1. The van der Waals surface area contributed by atoms with E-state index in [2.05, 4.69) is 24.2 Å². The fourth-order valence-corrected chi connectivity index (χ4v) is 2.81. The molecule has 16 heavy (non-hydrogen) atoms. The van der Waals surface area contributed by atoms with Gasteiger partial charge in [0.25, 0.3) is 0 Å². The van der Waals surface area contributed by atoms with Crippen molar-refractivity contribution in [3.8, 4) is 0 Å². The third-order valence-electron chi connectivity index (χ3n) is 4.06. The van der Waals surface area contributed by atoms with Crippen molar-refractivity contribution >= 4 is 0 Å². The number of hydrogen-bond acceptors (Lipinski definition) is 3. The zero-order valence-corrected chi connectivity index (χ0v) is 10.7. The Morgan fingerprint density at radius 1 is 1.38 bits per heavy atom. The van der Waals surface area contributed by atoms with E-state index in [9.17, 15) is 0 Å². The molecule has 2 fully saturated rings. The molecule has 0 spiro atoms. The van der Waals surface area contributed by atoms with Gasteiger partial charge < -0.3 is 15.0 Å². The van der Waals surface area contributed by atoms with Crippen LogP contribution in [0.4, 0.5) is 0 Å². The molecule has 0 aromatic rings. The lowest BCUT2D eigenvalue weighted by Gasteiger charge is -2.34. The molecule has 1 heterocycles. The molecular formula is C13H26N2O. The molecule has 3 nitrogen and oxygen atoms in total. The summed E-state index contributed by atoms with van der Waals surface area (Å²) in [5, 5.41) is 3.66. The fraction of sp³-hybridized carbons (Fsp3) is 1.00. The summed E-state index contributed by atoms with van der Waals surface area (Å²) in [7, 11) is 2.18. The first kappa shape index (κ1) is 12.3. The van der Waals surface area contributed by atoms with Crippen LogP contribution in [0.1, 0.15) is 32.6 Å². The summed E-state index contributed by atoms with van der Waals surface area (Å²) in [6.07, 6.45) is 6.09. The molecule has 0 radical (unpaired) electrons. The Kier molecular flexibility index (Phi) is 4.62. The summed E-state index contributed by atoms with van der Waals surface area (Å²) >= 11 is 0. The minimum atomic E-state index is 0.375. The Hall–Kier alpha value is -0.120. The normalized spacial score (nSPS) is 30.8. The summed E-state index contributed by atoms with van der Waals surface area (Å²) in [5.74, 6) is 0.920. The van der Waals surface area contributed by atoms with E-state index < -0.39 is 0 Å². The molecule has 1 saturated heterocycles. The zero-order valence-electron chi connectivity index (χ0n) is 10.7. The number of nitrogens with zero attached hydrogens (tertiary/aromatic N) is 1. The topological polar surface area (TPSA) is 24.5 Å². The van der Waals surface area contributed by atoms with Gasteiger partial charge >= 0.3 is 0 Å². The largest absolute Gasteiger partial charge is 0.374 e. The van der Waals surface area contributed by atoms with E-state index in [0.29, 0.717) is 12.1 Å². The van der Waals surface area contributed by atoms with Gasteiger partial charge in [-0.1, -0.05) is 12.8 Å². The third-order valence-corrected chi connectivity index (χ3v) is 4.06. The van der Waals surface area contributed by atoms with E-state index in [-0.39, 0.29) is 0 Å². The van der Waals surface area contributed by atoms with Crippen LogP contribution in [0.15, 0.2) is 0 Å². The molecule has 0 aromatic heterocycles. The predicted octanol–water partition coefficient (Wildman–Crippen LogP) is 1.49. The minimum Gasteiger partial charge on any atom is -0.374 e. The SMILES string of the molecule is CC(NCC1CCCC1)C1CN(C)CCO1. The van der Waals surface area contributed by atoms with Crippen molar-refractivity contribution in [2.75, 3.05) is 33.3 Å². The molecule has 0 aromatic carbocycles. The summed E-state index contributed by atoms with van der Waals surface area (Å²) in [4.78, 5) is 2.36. The second kappa shape index (κ2) is 5.99. The predicted molar refractivity (Wildman–Crippen MR) is 66.7 cm³/mol. The first-order valence-corrected chi connectivity index (χ1v) is 6.79. The highest BCUT2D eigenvalue weighted by Gasteiger charge is 2.24. The number of hydrogen-bond donors (Lipinski definition) is 1. The average Bonchev–Trinajstić information content (AvgIpc) is 2.78. The molecule has 1 aliphatic heterocycles. The number of nitrogens with one attached hydrogen (secondary N) is 1. The van der Waals surface area contributed by atoms with Gasteiger partial charge in [0.1, 0.15) is 0 Å². The highest BCUT2D eigenvalue weighted by molar-refractivity contribution is 4.80. The van der Waals surface area contributed by atoms with Crippen molar-refractivity contribution in [1.82, 2.24) is 10.2 Å². The van der Waals surface area contributed by atoms with Gasteiger partial charge in [-0.3, -0.25) is 0 Å². The van der Waals surface area contributed by atoms with Crippen molar-refractivity contribution in [3.05, 3.63) is 0 Å². The lowest BCUT2D eigenvalue weighted by Crippen LogP contribution is -2.50. The van der Waals surface area contributed by atoms with E-state index in [1.54, 1.807) is 0 Å². The monoisotopic (exact) mass is 226 g/mol. The third kappa shape index (κ3) is 3.44. The zero-order chi connectivity index (χ0) is 11.4. The first-order valence-electron chi connectivity index (χ1n) is 6.79. The van der Waals surface area contributed by atoms with E-state index in [0.717, 1.165) is 25.6 Å². The van der Waals surface area contributed by atoms with E-state index in [1.165, 1.54) is 32.2 Å². The van der Waals surface area contributed by atoms with Crippen LogP contribution in [-0.4, -0.2) is 50.3 Å². The first-order chi connectivity index (χ1) is 7.75. The van der Waals surface area contributed by atoms with Crippen LogP contribution in [-0.2, 0) is 4.74 Å². The van der Waals surface area contributed by atoms with Gasteiger partial charge in [0.15, 0.2) is 0 Å². The van der Waals surface area contributed by atoms with Crippen molar-refractivity contribution < 1.29 is 4.74 Å². The highest BCUT2D eigenvalue weighted by Crippen LogP contribution is 2.24. The van der Waals surface area contributed by atoms with E-state index in [1.807, 2.05) is 0 Å². The molecule has 0 amide bonds. The Balaban J connectivity index is 1.67. The molecule has 94 valence electrons. The molecule has 2 atom stereocenters. The van der Waals surface area contributed by atoms with Crippen LogP contribution in [0, 0.1) is 5.92 Å². The number of morpholine rings is 1. The Morgan fingerprint density at radius 2 is 2.12 bits per heavy atom. The number of likely N-dealkylation sites (N-methyl/N-ethyl adjacent to an activating group) is 1. The average molecular weight is 226 g/mol. The maximum absolute atomic E-state index is 5.82. The van der Waals surface area contributed by atoms with Gasteiger partial charge in [-0.15, -0.1) is 0 Å². The van der Waals surface area contributed by atoms with Gasteiger partial charge in [0.2, 0.25) is 0 Å². The molecular weight excluding hydrogens is 200 g/mol. The second-order valence-corrected chi connectivity index (χ2v) is 5.52. The van der Waals surface area contributed by atoms with Crippen molar-refractivity contribution in [2.45, 2.75) is 44.8 Å². The van der Waals surface area contributed by atoms with Gasteiger partial charge in [-0.2, -0.15) is 0 Å². The van der Waals surface area contributed by atoms with Gasteiger partial charge in [0.05, 0.1) is 12.7 Å². The second-order valence-electron chi connectivity index (χ2n) is 5.52. The summed E-state index contributed by atoms with van der Waals surface area (Å²) in [6.45, 7) is 6.48. The van der Waals surface area contributed by atoms with Crippen molar-refractivity contribution in [1.29, 1.82) is 0 Å². The van der Waals surface area contributed by atoms with Gasteiger partial charge in [-0.25, -0.2) is 0 Å². The molecule has 1 N–H and O–H groups in total. The van der Waals surface area contributed by atoms with E-state index in [4.69, 9.17) is 4.74 Å². The fourth-order valence-electron chi connectivity index (χ4n) is 2.81. The van der Waals surface area contributed by atoms with Crippen LogP contribution in [0.25, 0.3) is 0 Å². The summed E-state index contributed by atoms with van der Waals surface area (Å²) < 4.78 is 5.82. The molecule has 3 heteroatoms. The Morgan fingerprint density at radius 3 is 2.81 bits per heavy atom. The van der Waals surface area contributed by atoms with Gasteiger partial charge in [-0.05, 0) is 39.3 Å². The molecule has 2 rings (SSSR count). The maximum atomic E-state index is 5.82. The lowest BCUT2D eigenvalue weighted by molar-refractivity contribution is -0.0357. The van der Waals surface area contributed by atoms with E-state index >= 15 is 0 Å².